The number of hydrogen-bond donors (Lipinski definition) is 0. The molecule has 54 heavy (non-hydrogen) atoms. The molecule has 2 aliphatic carbocycles. The van der Waals surface area contributed by atoms with Crippen LogP contribution in [-0.4, -0.2) is 11.5 Å². The molecule has 0 aliphatic heterocycles. The van der Waals surface area contributed by atoms with Crippen molar-refractivity contribution in [1.82, 2.24) is 0 Å². The van der Waals surface area contributed by atoms with Crippen molar-refractivity contribution in [1.29, 1.82) is 0 Å². The molecule has 0 fully saturated rings. The Morgan fingerprint density at radius 1 is 0.426 bits per heavy atom. The van der Waals surface area contributed by atoms with E-state index in [4.69, 9.17) is 9.98 Å². The number of benzene rings is 8. The van der Waals surface area contributed by atoms with Gasteiger partial charge in [0.25, 0.3) is 0 Å². The maximum Gasteiger partial charge on any atom is 0.160 e. The van der Waals surface area contributed by atoms with E-state index in [2.05, 4.69) is 146 Å². The second kappa shape index (κ2) is 12.6. The SMILES string of the molecule is C=C(N=C(N=C(C)c1ccccc1)c1ccccc1)c1ccc2ccc(-c3cccc4c3-c3ccccc3C43c4ccccc4-c4ccccc43)cc2c1. The molecule has 0 radical (unpaired) electrons. The second-order valence-corrected chi connectivity index (χ2v) is 14.2. The molecule has 0 atom stereocenters. The molecule has 2 heteroatoms. The van der Waals surface area contributed by atoms with Crippen LogP contribution in [0, 0.1) is 0 Å². The lowest BCUT2D eigenvalue weighted by atomic mass is 9.70. The largest absolute Gasteiger partial charge is 0.233 e. The number of hydrogen-bond acceptors (Lipinski definition) is 1. The van der Waals surface area contributed by atoms with Gasteiger partial charge in [-0.2, -0.15) is 0 Å². The molecule has 2 aliphatic rings. The predicted molar refractivity (Wildman–Crippen MR) is 226 cm³/mol. The van der Waals surface area contributed by atoms with Gasteiger partial charge >= 0.3 is 0 Å². The van der Waals surface area contributed by atoms with E-state index in [-0.39, 0.29) is 5.41 Å². The third-order valence-corrected chi connectivity index (χ3v) is 11.2. The van der Waals surface area contributed by atoms with E-state index in [0.29, 0.717) is 11.5 Å². The van der Waals surface area contributed by atoms with Gasteiger partial charge in [-0.15, -0.1) is 0 Å². The molecule has 2 nitrogen and oxygen atoms in total. The minimum absolute atomic E-state index is 0.368. The van der Waals surface area contributed by atoms with E-state index in [9.17, 15) is 0 Å². The topological polar surface area (TPSA) is 24.7 Å². The van der Waals surface area contributed by atoms with Gasteiger partial charge in [0, 0.05) is 16.8 Å². The monoisotopic (exact) mass is 688 g/mol. The van der Waals surface area contributed by atoms with Crippen LogP contribution in [0.1, 0.15) is 45.9 Å². The minimum atomic E-state index is -0.368. The smallest absolute Gasteiger partial charge is 0.160 e. The molecule has 254 valence electrons. The lowest BCUT2D eigenvalue weighted by Gasteiger charge is -2.30. The highest BCUT2D eigenvalue weighted by atomic mass is 14.9. The molecule has 1 spiro atoms. The van der Waals surface area contributed by atoms with Gasteiger partial charge in [-0.05, 0) is 91.0 Å². The maximum atomic E-state index is 5.05. The third-order valence-electron chi connectivity index (χ3n) is 11.2. The van der Waals surface area contributed by atoms with Crippen LogP contribution in [0.5, 0.6) is 0 Å². The van der Waals surface area contributed by atoms with Gasteiger partial charge in [-0.3, -0.25) is 0 Å². The van der Waals surface area contributed by atoms with Crippen molar-refractivity contribution in [3.8, 4) is 33.4 Å². The number of aliphatic imine (C=N–C) groups is 2. The van der Waals surface area contributed by atoms with Gasteiger partial charge < -0.3 is 0 Å². The Hall–Kier alpha value is -6.90. The van der Waals surface area contributed by atoms with Crippen molar-refractivity contribution < 1.29 is 0 Å². The molecule has 0 unspecified atom stereocenters. The first-order valence-electron chi connectivity index (χ1n) is 18.5. The summed E-state index contributed by atoms with van der Waals surface area (Å²) in [7, 11) is 0. The first kappa shape index (κ1) is 31.8. The predicted octanol–water partition coefficient (Wildman–Crippen LogP) is 12.8. The highest BCUT2D eigenvalue weighted by Gasteiger charge is 2.51. The summed E-state index contributed by atoms with van der Waals surface area (Å²) < 4.78 is 0. The highest BCUT2D eigenvalue weighted by molar-refractivity contribution is 6.13. The molecule has 0 amide bonds. The molecule has 0 aromatic heterocycles. The van der Waals surface area contributed by atoms with Crippen molar-refractivity contribution >= 4 is 28.0 Å². The summed E-state index contributed by atoms with van der Waals surface area (Å²) in [5, 5.41) is 2.31. The highest BCUT2D eigenvalue weighted by Crippen LogP contribution is 2.63. The molecule has 0 heterocycles. The van der Waals surface area contributed by atoms with Crippen LogP contribution >= 0.6 is 0 Å². The van der Waals surface area contributed by atoms with Crippen LogP contribution < -0.4 is 0 Å². The Kier molecular flexibility index (Phi) is 7.45. The Labute approximate surface area is 316 Å². The van der Waals surface area contributed by atoms with E-state index in [1.165, 1.54) is 61.0 Å². The zero-order valence-electron chi connectivity index (χ0n) is 30.0. The molecule has 0 N–H and O–H groups in total. The van der Waals surface area contributed by atoms with Gasteiger partial charge in [0.2, 0.25) is 0 Å². The number of amidine groups is 1. The molecule has 8 aromatic carbocycles. The fraction of sp³-hybridized carbons (Fsp3) is 0.0385. The summed E-state index contributed by atoms with van der Waals surface area (Å²) in [6.45, 7) is 6.48. The Morgan fingerprint density at radius 3 is 1.65 bits per heavy atom. The molecule has 0 saturated heterocycles. The fourth-order valence-corrected chi connectivity index (χ4v) is 8.81. The Bertz CT molecular complexity index is 2800. The standard InChI is InChI=1S/C52H36N2/c1-34(36-16-5-3-6-17-36)53-51(38-18-7-4-8-19-38)54-35(2)39-30-28-37-29-31-40(33-41(37)32-39)42-23-15-27-49-50(42)45-22-11-14-26-48(45)52(49)46-24-12-9-20-43(46)44-21-10-13-25-47(44)52/h3-33H,2H2,1H3. The van der Waals surface area contributed by atoms with Crippen LogP contribution in [0.15, 0.2) is 205 Å². The average Bonchev–Trinajstić information content (AvgIpc) is 3.71. The zero-order chi connectivity index (χ0) is 36.2. The lowest BCUT2D eigenvalue weighted by Crippen LogP contribution is -2.25. The van der Waals surface area contributed by atoms with Crippen molar-refractivity contribution in [3.63, 3.8) is 0 Å². The zero-order valence-corrected chi connectivity index (χ0v) is 30.0. The summed E-state index contributed by atoms with van der Waals surface area (Å²) in [5.41, 5.74) is 17.2. The van der Waals surface area contributed by atoms with Gasteiger partial charge in [-0.25, -0.2) is 9.98 Å². The van der Waals surface area contributed by atoms with Crippen molar-refractivity contribution in [2.75, 3.05) is 0 Å². The van der Waals surface area contributed by atoms with Crippen LogP contribution in [0.25, 0.3) is 49.9 Å². The van der Waals surface area contributed by atoms with E-state index in [0.717, 1.165) is 27.8 Å². The summed E-state index contributed by atoms with van der Waals surface area (Å²) in [4.78, 5) is 10.1. The molecular formula is C52H36N2. The first-order chi connectivity index (χ1) is 26.6. The van der Waals surface area contributed by atoms with E-state index in [1.807, 2.05) is 55.5 Å². The summed E-state index contributed by atoms with van der Waals surface area (Å²) in [6, 6.07) is 67.5. The quantitative estimate of drug-likeness (QED) is 0.127. The third kappa shape index (κ3) is 4.88. The van der Waals surface area contributed by atoms with Gasteiger partial charge in [0.05, 0.1) is 11.1 Å². The summed E-state index contributed by atoms with van der Waals surface area (Å²) in [5.74, 6) is 0.637. The molecule has 10 rings (SSSR count). The van der Waals surface area contributed by atoms with Gasteiger partial charge in [-0.1, -0.05) is 183 Å². The number of nitrogens with zero attached hydrogens (tertiary/aromatic N) is 2. The molecular weight excluding hydrogens is 653 g/mol. The van der Waals surface area contributed by atoms with E-state index >= 15 is 0 Å². The number of fused-ring (bicyclic) bond motifs is 11. The first-order valence-corrected chi connectivity index (χ1v) is 18.5. The Morgan fingerprint density at radius 2 is 0.963 bits per heavy atom. The van der Waals surface area contributed by atoms with E-state index in [1.54, 1.807) is 0 Å². The summed E-state index contributed by atoms with van der Waals surface area (Å²) >= 11 is 0. The van der Waals surface area contributed by atoms with Crippen LogP contribution in [-0.2, 0) is 5.41 Å². The van der Waals surface area contributed by atoms with Crippen LogP contribution in [0.2, 0.25) is 0 Å². The average molecular weight is 689 g/mol. The molecule has 0 bridgehead atoms. The van der Waals surface area contributed by atoms with E-state index < -0.39 is 0 Å². The Balaban J connectivity index is 1.10. The van der Waals surface area contributed by atoms with Crippen molar-refractivity contribution in [2.24, 2.45) is 9.98 Å². The van der Waals surface area contributed by atoms with Crippen molar-refractivity contribution in [3.05, 3.63) is 234 Å². The maximum absolute atomic E-state index is 5.05. The summed E-state index contributed by atoms with van der Waals surface area (Å²) in [6.07, 6.45) is 0. The molecule has 8 aromatic rings. The van der Waals surface area contributed by atoms with Crippen LogP contribution in [0.3, 0.4) is 0 Å². The second-order valence-electron chi connectivity index (χ2n) is 14.2. The normalized spacial score (nSPS) is 13.7. The number of rotatable bonds is 5. The van der Waals surface area contributed by atoms with Gasteiger partial charge in [0.15, 0.2) is 5.84 Å². The molecule has 0 saturated carbocycles. The fourth-order valence-electron chi connectivity index (χ4n) is 8.81. The van der Waals surface area contributed by atoms with Crippen LogP contribution in [0.4, 0.5) is 0 Å². The lowest BCUT2D eigenvalue weighted by molar-refractivity contribution is 0.794. The van der Waals surface area contributed by atoms with Crippen molar-refractivity contribution in [2.45, 2.75) is 12.3 Å². The van der Waals surface area contributed by atoms with Gasteiger partial charge in [0.1, 0.15) is 0 Å². The minimum Gasteiger partial charge on any atom is -0.233 e.